The quantitative estimate of drug-likeness (QED) is 0.678. The van der Waals surface area contributed by atoms with Crippen LogP contribution in [0, 0.1) is 21.7 Å². The molecule has 0 aromatic heterocycles. The molecule has 20 heavy (non-hydrogen) atoms. The number of anilines is 1. The van der Waals surface area contributed by atoms with Crippen molar-refractivity contribution in [2.24, 2.45) is 0 Å². The van der Waals surface area contributed by atoms with Gasteiger partial charge in [0.25, 0.3) is 0 Å². The van der Waals surface area contributed by atoms with E-state index in [2.05, 4.69) is 5.32 Å². The van der Waals surface area contributed by atoms with Crippen molar-refractivity contribution in [2.45, 2.75) is 13.0 Å². The minimum Gasteiger partial charge on any atom is -0.378 e. The number of halogens is 2. The van der Waals surface area contributed by atoms with Crippen LogP contribution in [-0.2, 0) is 0 Å². The molecule has 0 aliphatic rings. The van der Waals surface area contributed by atoms with Crippen molar-refractivity contribution in [2.75, 3.05) is 5.32 Å². The minimum atomic E-state index is -0.911. The summed E-state index contributed by atoms with van der Waals surface area (Å²) in [6, 6.07) is 9.33. The van der Waals surface area contributed by atoms with Gasteiger partial charge < -0.3 is 5.32 Å². The average Bonchev–Trinajstić information content (AvgIpc) is 2.38. The van der Waals surface area contributed by atoms with Crippen LogP contribution in [0.15, 0.2) is 42.5 Å². The molecule has 2 rings (SSSR count). The molecule has 1 atom stereocenters. The molecule has 2 aromatic carbocycles. The highest BCUT2D eigenvalue weighted by atomic mass is 19.1. The summed E-state index contributed by atoms with van der Waals surface area (Å²) in [5.74, 6) is -1.27. The molecule has 2 aromatic rings. The first-order valence-corrected chi connectivity index (χ1v) is 5.93. The fraction of sp³-hybridized carbons (Fsp3) is 0.143. The summed E-state index contributed by atoms with van der Waals surface area (Å²) in [6.45, 7) is 1.79. The molecular formula is C14H12F2N2O2. The molecule has 0 fully saturated rings. The topological polar surface area (TPSA) is 55.2 Å². The molecule has 0 amide bonds. The summed E-state index contributed by atoms with van der Waals surface area (Å²) >= 11 is 0. The number of nitrogens with one attached hydrogen (secondary N) is 1. The first-order valence-electron chi connectivity index (χ1n) is 5.93. The van der Waals surface area contributed by atoms with Crippen LogP contribution in [0.4, 0.5) is 20.2 Å². The van der Waals surface area contributed by atoms with Crippen molar-refractivity contribution in [3.05, 3.63) is 69.8 Å². The van der Waals surface area contributed by atoms with E-state index in [1.54, 1.807) is 19.1 Å². The standard InChI is InChI=1S/C14H12F2N2O2/c1-9(10-3-2-4-11(15)7-10)17-12-5-6-14(18(19)20)13(16)8-12/h2-9,17H,1H3. The number of benzene rings is 2. The third-order valence-electron chi connectivity index (χ3n) is 2.88. The van der Waals surface area contributed by atoms with Crippen LogP contribution in [0.5, 0.6) is 0 Å². The first kappa shape index (κ1) is 13.9. The molecule has 0 radical (unpaired) electrons. The molecule has 1 unspecified atom stereocenters. The summed E-state index contributed by atoms with van der Waals surface area (Å²) in [5, 5.41) is 13.5. The van der Waals surface area contributed by atoms with Crippen molar-refractivity contribution in [1.82, 2.24) is 0 Å². The Balaban J connectivity index is 2.18. The third-order valence-corrected chi connectivity index (χ3v) is 2.88. The van der Waals surface area contributed by atoms with Gasteiger partial charge in [-0.3, -0.25) is 10.1 Å². The van der Waals surface area contributed by atoms with Crippen molar-refractivity contribution < 1.29 is 13.7 Å². The van der Waals surface area contributed by atoms with Gasteiger partial charge in [0.2, 0.25) is 5.82 Å². The van der Waals surface area contributed by atoms with Crippen molar-refractivity contribution in [3.8, 4) is 0 Å². The number of nitro benzene ring substituents is 1. The predicted octanol–water partition coefficient (Wildman–Crippen LogP) is 4.05. The monoisotopic (exact) mass is 278 g/mol. The lowest BCUT2D eigenvalue weighted by molar-refractivity contribution is -0.387. The van der Waals surface area contributed by atoms with Crippen LogP contribution in [0.25, 0.3) is 0 Å². The lowest BCUT2D eigenvalue weighted by atomic mass is 10.1. The van der Waals surface area contributed by atoms with Crippen LogP contribution in [-0.4, -0.2) is 4.92 Å². The Bertz CT molecular complexity index is 647. The zero-order valence-corrected chi connectivity index (χ0v) is 10.6. The van der Waals surface area contributed by atoms with Crippen LogP contribution < -0.4 is 5.32 Å². The average molecular weight is 278 g/mol. The molecular weight excluding hydrogens is 266 g/mol. The van der Waals surface area contributed by atoms with Crippen LogP contribution in [0.1, 0.15) is 18.5 Å². The van der Waals surface area contributed by atoms with E-state index in [-0.39, 0.29) is 11.9 Å². The highest BCUT2D eigenvalue weighted by Gasteiger charge is 2.14. The van der Waals surface area contributed by atoms with E-state index in [9.17, 15) is 18.9 Å². The Labute approximate surface area is 114 Å². The Kier molecular flexibility index (Phi) is 3.93. The van der Waals surface area contributed by atoms with Gasteiger partial charge >= 0.3 is 5.69 Å². The van der Waals surface area contributed by atoms with Gasteiger partial charge in [0, 0.05) is 23.9 Å². The van der Waals surface area contributed by atoms with Crippen LogP contribution in [0.3, 0.4) is 0 Å². The SMILES string of the molecule is CC(Nc1ccc([N+](=O)[O-])c(F)c1)c1cccc(F)c1. The number of nitrogens with zero attached hydrogens (tertiary/aromatic N) is 1. The fourth-order valence-corrected chi connectivity index (χ4v) is 1.85. The van der Waals surface area contributed by atoms with Gasteiger partial charge in [0.1, 0.15) is 5.82 Å². The smallest absolute Gasteiger partial charge is 0.304 e. The van der Waals surface area contributed by atoms with Gasteiger partial charge in [-0.1, -0.05) is 12.1 Å². The highest BCUT2D eigenvalue weighted by molar-refractivity contribution is 5.51. The van der Waals surface area contributed by atoms with Crippen LogP contribution >= 0.6 is 0 Å². The molecule has 1 N–H and O–H groups in total. The van der Waals surface area contributed by atoms with E-state index in [0.29, 0.717) is 11.3 Å². The molecule has 0 bridgehead atoms. The molecule has 104 valence electrons. The Hall–Kier alpha value is -2.50. The Morgan fingerprint density at radius 3 is 2.55 bits per heavy atom. The number of nitro groups is 1. The van der Waals surface area contributed by atoms with Gasteiger partial charge in [0.15, 0.2) is 0 Å². The zero-order chi connectivity index (χ0) is 14.7. The highest BCUT2D eigenvalue weighted by Crippen LogP contribution is 2.24. The van der Waals surface area contributed by atoms with Gasteiger partial charge in [-0.25, -0.2) is 4.39 Å². The van der Waals surface area contributed by atoms with Gasteiger partial charge in [-0.15, -0.1) is 0 Å². The third kappa shape index (κ3) is 3.09. The molecule has 0 aliphatic carbocycles. The fourth-order valence-electron chi connectivity index (χ4n) is 1.85. The Morgan fingerprint density at radius 1 is 1.20 bits per heavy atom. The summed E-state index contributed by atoms with van der Waals surface area (Å²) in [5.41, 5.74) is 0.516. The van der Waals surface area contributed by atoms with E-state index in [1.165, 1.54) is 18.2 Å². The maximum absolute atomic E-state index is 13.5. The maximum atomic E-state index is 13.5. The molecule has 0 saturated heterocycles. The minimum absolute atomic E-state index is 0.258. The van der Waals surface area contributed by atoms with E-state index in [0.717, 1.165) is 12.1 Å². The molecule has 0 aliphatic heterocycles. The van der Waals surface area contributed by atoms with Gasteiger partial charge in [-0.2, -0.15) is 4.39 Å². The van der Waals surface area contributed by atoms with Crippen molar-refractivity contribution >= 4 is 11.4 Å². The summed E-state index contributed by atoms with van der Waals surface area (Å²) in [6.07, 6.45) is 0. The molecule has 6 heteroatoms. The normalized spacial score (nSPS) is 11.9. The van der Waals surface area contributed by atoms with Gasteiger partial charge in [0.05, 0.1) is 4.92 Å². The maximum Gasteiger partial charge on any atom is 0.304 e. The predicted molar refractivity (Wildman–Crippen MR) is 71.5 cm³/mol. The summed E-state index contributed by atoms with van der Waals surface area (Å²) in [7, 11) is 0. The summed E-state index contributed by atoms with van der Waals surface area (Å²) < 4.78 is 26.6. The largest absolute Gasteiger partial charge is 0.378 e. The van der Waals surface area contributed by atoms with Crippen LogP contribution in [0.2, 0.25) is 0 Å². The lowest BCUT2D eigenvalue weighted by Crippen LogP contribution is -2.07. The van der Waals surface area contributed by atoms with Crippen molar-refractivity contribution in [3.63, 3.8) is 0 Å². The van der Waals surface area contributed by atoms with E-state index >= 15 is 0 Å². The van der Waals surface area contributed by atoms with E-state index < -0.39 is 16.4 Å². The lowest BCUT2D eigenvalue weighted by Gasteiger charge is -2.15. The van der Waals surface area contributed by atoms with Gasteiger partial charge in [-0.05, 0) is 30.7 Å². The molecule has 0 spiro atoms. The second-order valence-electron chi connectivity index (χ2n) is 4.34. The van der Waals surface area contributed by atoms with E-state index in [1.807, 2.05) is 0 Å². The zero-order valence-electron chi connectivity index (χ0n) is 10.6. The second-order valence-corrected chi connectivity index (χ2v) is 4.34. The molecule has 4 nitrogen and oxygen atoms in total. The van der Waals surface area contributed by atoms with Crippen molar-refractivity contribution in [1.29, 1.82) is 0 Å². The number of hydrogen-bond donors (Lipinski definition) is 1. The Morgan fingerprint density at radius 2 is 1.95 bits per heavy atom. The first-order chi connectivity index (χ1) is 9.47. The van der Waals surface area contributed by atoms with E-state index in [4.69, 9.17) is 0 Å². The number of hydrogen-bond acceptors (Lipinski definition) is 3. The summed E-state index contributed by atoms with van der Waals surface area (Å²) in [4.78, 5) is 9.74. The second kappa shape index (κ2) is 5.64. The molecule has 0 saturated carbocycles. The molecule has 0 heterocycles. The number of rotatable bonds is 4.